The van der Waals surface area contributed by atoms with Crippen molar-refractivity contribution < 1.29 is 5.11 Å². The Hall–Kier alpha value is -1.06. The molecular weight excluding hydrogens is 236 g/mol. The summed E-state index contributed by atoms with van der Waals surface area (Å²) >= 11 is 0. The van der Waals surface area contributed by atoms with Gasteiger partial charge in [0, 0.05) is 24.2 Å². The van der Waals surface area contributed by atoms with Gasteiger partial charge < -0.3 is 10.4 Å². The SMILES string of the molecule is CC(NCC(C)N1CCCCC1)c1ccccc1O. The Bertz CT molecular complexity index is 388. The zero-order valence-electron chi connectivity index (χ0n) is 12.1. The van der Waals surface area contributed by atoms with Gasteiger partial charge in [0.25, 0.3) is 0 Å². The lowest BCUT2D eigenvalue weighted by Gasteiger charge is -2.33. The van der Waals surface area contributed by atoms with Gasteiger partial charge >= 0.3 is 0 Å². The minimum atomic E-state index is 0.188. The van der Waals surface area contributed by atoms with E-state index in [0.717, 1.165) is 12.1 Å². The van der Waals surface area contributed by atoms with E-state index in [1.54, 1.807) is 6.07 Å². The van der Waals surface area contributed by atoms with Crippen molar-refractivity contribution >= 4 is 0 Å². The molecule has 1 fully saturated rings. The molecule has 1 aliphatic rings. The topological polar surface area (TPSA) is 35.5 Å². The van der Waals surface area contributed by atoms with E-state index in [4.69, 9.17) is 0 Å². The molecule has 2 rings (SSSR count). The van der Waals surface area contributed by atoms with Gasteiger partial charge in [-0.2, -0.15) is 0 Å². The standard InChI is InChI=1S/C16H26N2O/c1-13(18-10-6-3-7-11-18)12-17-14(2)15-8-4-5-9-16(15)19/h4-5,8-9,13-14,17,19H,3,6-7,10-12H2,1-2H3. The van der Waals surface area contributed by atoms with Crippen molar-refractivity contribution in [2.75, 3.05) is 19.6 Å². The zero-order chi connectivity index (χ0) is 13.7. The molecule has 3 heteroatoms. The smallest absolute Gasteiger partial charge is 0.120 e. The number of phenols is 1. The van der Waals surface area contributed by atoms with E-state index < -0.39 is 0 Å². The normalized spacial score (nSPS) is 20.1. The molecular formula is C16H26N2O. The highest BCUT2D eigenvalue weighted by Crippen LogP contribution is 2.23. The lowest BCUT2D eigenvalue weighted by atomic mass is 10.1. The predicted octanol–water partition coefficient (Wildman–Crippen LogP) is 2.92. The minimum absolute atomic E-state index is 0.188. The molecule has 1 aromatic carbocycles. The van der Waals surface area contributed by atoms with Gasteiger partial charge in [-0.3, -0.25) is 4.90 Å². The Labute approximate surface area is 116 Å². The second-order valence-corrected chi connectivity index (χ2v) is 5.63. The monoisotopic (exact) mass is 262 g/mol. The highest BCUT2D eigenvalue weighted by molar-refractivity contribution is 5.34. The third kappa shape index (κ3) is 3.95. The summed E-state index contributed by atoms with van der Waals surface area (Å²) in [6.45, 7) is 7.82. The molecule has 2 unspecified atom stereocenters. The molecule has 1 heterocycles. The van der Waals surface area contributed by atoms with Crippen LogP contribution in [0.15, 0.2) is 24.3 Å². The van der Waals surface area contributed by atoms with E-state index in [2.05, 4.69) is 24.1 Å². The summed E-state index contributed by atoms with van der Waals surface area (Å²) in [5, 5.41) is 13.4. The molecule has 2 atom stereocenters. The lowest BCUT2D eigenvalue weighted by molar-refractivity contribution is 0.168. The Kier molecular flexibility index (Phi) is 5.23. The highest BCUT2D eigenvalue weighted by Gasteiger charge is 2.17. The molecule has 0 aliphatic carbocycles. The van der Waals surface area contributed by atoms with Crippen molar-refractivity contribution in [3.05, 3.63) is 29.8 Å². The fourth-order valence-corrected chi connectivity index (χ4v) is 2.80. The molecule has 2 N–H and O–H groups in total. The van der Waals surface area contributed by atoms with Gasteiger partial charge in [0.1, 0.15) is 5.75 Å². The van der Waals surface area contributed by atoms with Crippen LogP contribution in [0.3, 0.4) is 0 Å². The number of likely N-dealkylation sites (tertiary alicyclic amines) is 1. The van der Waals surface area contributed by atoms with Crippen LogP contribution in [-0.4, -0.2) is 35.7 Å². The summed E-state index contributed by atoms with van der Waals surface area (Å²) in [5.74, 6) is 0.383. The number of rotatable bonds is 5. The highest BCUT2D eigenvalue weighted by atomic mass is 16.3. The van der Waals surface area contributed by atoms with E-state index in [1.165, 1.54) is 32.4 Å². The number of aromatic hydroxyl groups is 1. The van der Waals surface area contributed by atoms with Crippen LogP contribution < -0.4 is 5.32 Å². The van der Waals surface area contributed by atoms with Crippen molar-refractivity contribution in [3.8, 4) is 5.75 Å². The van der Waals surface area contributed by atoms with Crippen LogP contribution in [0.25, 0.3) is 0 Å². The van der Waals surface area contributed by atoms with Gasteiger partial charge in [-0.15, -0.1) is 0 Å². The van der Waals surface area contributed by atoms with Gasteiger partial charge in [-0.05, 0) is 45.8 Å². The number of hydrogen-bond donors (Lipinski definition) is 2. The van der Waals surface area contributed by atoms with Crippen molar-refractivity contribution in [3.63, 3.8) is 0 Å². The number of para-hydroxylation sites is 1. The van der Waals surface area contributed by atoms with Gasteiger partial charge in [0.2, 0.25) is 0 Å². The van der Waals surface area contributed by atoms with Crippen LogP contribution in [-0.2, 0) is 0 Å². The number of benzene rings is 1. The molecule has 1 aromatic rings. The molecule has 0 saturated carbocycles. The number of nitrogens with one attached hydrogen (secondary N) is 1. The van der Waals surface area contributed by atoms with Crippen molar-refractivity contribution in [2.24, 2.45) is 0 Å². The van der Waals surface area contributed by atoms with E-state index >= 15 is 0 Å². The number of phenolic OH excluding ortho intramolecular Hbond substituents is 1. The molecule has 3 nitrogen and oxygen atoms in total. The van der Waals surface area contributed by atoms with Crippen LogP contribution in [0, 0.1) is 0 Å². The molecule has 0 aromatic heterocycles. The van der Waals surface area contributed by atoms with Crippen molar-refractivity contribution in [2.45, 2.75) is 45.2 Å². The van der Waals surface area contributed by atoms with E-state index in [9.17, 15) is 5.11 Å². The molecule has 0 amide bonds. The van der Waals surface area contributed by atoms with Crippen LogP contribution in [0.4, 0.5) is 0 Å². The summed E-state index contributed by atoms with van der Waals surface area (Å²) in [4.78, 5) is 2.56. The Morgan fingerprint density at radius 1 is 1.16 bits per heavy atom. The summed E-state index contributed by atoms with van der Waals surface area (Å²) in [6.07, 6.45) is 4.05. The largest absolute Gasteiger partial charge is 0.508 e. The van der Waals surface area contributed by atoms with E-state index in [1.807, 2.05) is 18.2 Å². The Morgan fingerprint density at radius 3 is 2.53 bits per heavy atom. The predicted molar refractivity (Wildman–Crippen MR) is 79.4 cm³/mol. The van der Waals surface area contributed by atoms with Crippen molar-refractivity contribution in [1.82, 2.24) is 10.2 Å². The molecule has 106 valence electrons. The van der Waals surface area contributed by atoms with Gasteiger partial charge in [0.05, 0.1) is 0 Å². The fraction of sp³-hybridized carbons (Fsp3) is 0.625. The molecule has 0 radical (unpaired) electrons. The summed E-state index contributed by atoms with van der Waals surface area (Å²) < 4.78 is 0. The molecule has 0 spiro atoms. The Balaban J connectivity index is 1.82. The van der Waals surface area contributed by atoms with Crippen LogP contribution in [0.2, 0.25) is 0 Å². The Morgan fingerprint density at radius 2 is 1.84 bits per heavy atom. The zero-order valence-corrected chi connectivity index (χ0v) is 12.1. The summed E-state index contributed by atoms with van der Waals surface area (Å²) in [6, 6.07) is 8.32. The maximum Gasteiger partial charge on any atom is 0.120 e. The lowest BCUT2D eigenvalue weighted by Crippen LogP contribution is -2.43. The maximum absolute atomic E-state index is 9.84. The number of nitrogens with zero attached hydrogens (tertiary/aromatic N) is 1. The van der Waals surface area contributed by atoms with Gasteiger partial charge in [-0.1, -0.05) is 24.6 Å². The van der Waals surface area contributed by atoms with Gasteiger partial charge in [-0.25, -0.2) is 0 Å². The van der Waals surface area contributed by atoms with Crippen molar-refractivity contribution in [1.29, 1.82) is 0 Å². The minimum Gasteiger partial charge on any atom is -0.508 e. The summed E-state index contributed by atoms with van der Waals surface area (Å²) in [5.41, 5.74) is 0.980. The molecule has 1 saturated heterocycles. The molecule has 1 aliphatic heterocycles. The number of hydrogen-bond acceptors (Lipinski definition) is 3. The third-order valence-corrected chi connectivity index (χ3v) is 4.14. The van der Waals surface area contributed by atoms with E-state index in [0.29, 0.717) is 11.8 Å². The first-order chi connectivity index (χ1) is 9.18. The quantitative estimate of drug-likeness (QED) is 0.856. The third-order valence-electron chi connectivity index (χ3n) is 4.14. The first-order valence-corrected chi connectivity index (χ1v) is 7.44. The second kappa shape index (κ2) is 6.92. The number of piperidine rings is 1. The van der Waals surface area contributed by atoms with Crippen LogP contribution in [0.5, 0.6) is 5.75 Å². The fourth-order valence-electron chi connectivity index (χ4n) is 2.80. The maximum atomic E-state index is 9.84. The van der Waals surface area contributed by atoms with E-state index in [-0.39, 0.29) is 6.04 Å². The second-order valence-electron chi connectivity index (χ2n) is 5.63. The van der Waals surface area contributed by atoms with Gasteiger partial charge in [0.15, 0.2) is 0 Å². The van der Waals surface area contributed by atoms with Crippen LogP contribution in [0.1, 0.15) is 44.7 Å². The molecule has 19 heavy (non-hydrogen) atoms. The first-order valence-electron chi connectivity index (χ1n) is 7.44. The average Bonchev–Trinajstić information content (AvgIpc) is 2.46. The summed E-state index contributed by atoms with van der Waals surface area (Å²) in [7, 11) is 0. The first kappa shape index (κ1) is 14.4. The molecule has 0 bridgehead atoms. The average molecular weight is 262 g/mol. The van der Waals surface area contributed by atoms with Crippen LogP contribution >= 0.6 is 0 Å².